The molecule has 1 aromatic carbocycles. The maximum absolute atomic E-state index is 12.6. The first kappa shape index (κ1) is 20.4. The van der Waals surface area contributed by atoms with Crippen LogP contribution in [-0.2, 0) is 24.4 Å². The number of rotatable bonds is 7. The predicted octanol–water partition coefficient (Wildman–Crippen LogP) is 2.95. The second-order valence-electron chi connectivity index (χ2n) is 8.44. The Bertz CT molecular complexity index is 1040. The monoisotopic (exact) mass is 407 g/mol. The summed E-state index contributed by atoms with van der Waals surface area (Å²) in [4.78, 5) is 39.4. The number of benzene rings is 1. The van der Waals surface area contributed by atoms with E-state index in [1.54, 1.807) is 12.4 Å². The Kier molecular flexibility index (Phi) is 6.31. The lowest BCUT2D eigenvalue weighted by Gasteiger charge is -2.17. The van der Waals surface area contributed by atoms with Gasteiger partial charge < -0.3 is 14.0 Å². The van der Waals surface area contributed by atoms with E-state index in [9.17, 15) is 14.4 Å². The van der Waals surface area contributed by atoms with Crippen molar-refractivity contribution in [2.24, 2.45) is 5.92 Å². The number of hydrogen-bond acceptors (Lipinski definition) is 3. The van der Waals surface area contributed by atoms with Gasteiger partial charge in [-0.05, 0) is 37.7 Å². The van der Waals surface area contributed by atoms with Gasteiger partial charge in [0.15, 0.2) is 0 Å². The quantitative estimate of drug-likeness (QED) is 0.524. The van der Waals surface area contributed by atoms with Gasteiger partial charge >= 0.3 is 11.1 Å². The van der Waals surface area contributed by atoms with Crippen molar-refractivity contribution in [2.75, 3.05) is 6.54 Å². The molecular weight excluding hydrogens is 378 g/mol. The smallest absolute Gasteiger partial charge is 0.316 e. The van der Waals surface area contributed by atoms with E-state index in [0.717, 1.165) is 24.8 Å². The van der Waals surface area contributed by atoms with Crippen molar-refractivity contribution < 1.29 is 4.79 Å². The van der Waals surface area contributed by atoms with E-state index in [4.69, 9.17) is 0 Å². The highest BCUT2D eigenvalue weighted by Gasteiger charge is 2.30. The van der Waals surface area contributed by atoms with Crippen LogP contribution in [0.25, 0.3) is 0 Å². The average Bonchev–Trinajstić information content (AvgIpc) is 3.11. The van der Waals surface area contributed by atoms with Gasteiger partial charge in [0.05, 0.1) is 0 Å². The molecule has 0 saturated carbocycles. The number of likely N-dealkylation sites (tertiary alicyclic amines) is 1. The summed E-state index contributed by atoms with van der Waals surface area (Å²) in [7, 11) is 0. The molecule has 1 aliphatic carbocycles. The molecule has 1 aromatic heterocycles. The van der Waals surface area contributed by atoms with Crippen LogP contribution in [0.4, 0.5) is 0 Å². The predicted molar refractivity (Wildman–Crippen MR) is 116 cm³/mol. The molecule has 0 radical (unpaired) electrons. The van der Waals surface area contributed by atoms with E-state index in [1.165, 1.54) is 27.5 Å². The molecule has 1 unspecified atom stereocenters. The molecule has 2 aliphatic rings. The van der Waals surface area contributed by atoms with E-state index < -0.39 is 11.1 Å². The summed E-state index contributed by atoms with van der Waals surface area (Å²) >= 11 is 0. The molecule has 2 aromatic rings. The van der Waals surface area contributed by atoms with Gasteiger partial charge in [-0.25, -0.2) is 0 Å². The van der Waals surface area contributed by atoms with Gasteiger partial charge in [-0.2, -0.15) is 0 Å². The molecule has 6 heteroatoms. The Morgan fingerprint density at radius 2 is 1.70 bits per heavy atom. The molecule has 1 amide bonds. The van der Waals surface area contributed by atoms with Crippen molar-refractivity contribution in [3.05, 3.63) is 80.6 Å². The Labute approximate surface area is 176 Å². The number of amides is 1. The van der Waals surface area contributed by atoms with Crippen LogP contribution in [0.2, 0.25) is 0 Å². The van der Waals surface area contributed by atoms with Gasteiger partial charge in [-0.15, -0.1) is 0 Å². The molecule has 0 spiro atoms. The lowest BCUT2D eigenvalue weighted by molar-refractivity contribution is -0.128. The maximum atomic E-state index is 12.6. The normalized spacial score (nSPS) is 19.2. The largest absolute Gasteiger partial charge is 0.338 e. The molecule has 1 aliphatic heterocycles. The van der Waals surface area contributed by atoms with Crippen LogP contribution in [0, 0.1) is 5.92 Å². The molecule has 1 atom stereocenters. The van der Waals surface area contributed by atoms with Crippen LogP contribution < -0.4 is 11.1 Å². The molecule has 0 bridgehead atoms. The zero-order chi connectivity index (χ0) is 20.9. The summed E-state index contributed by atoms with van der Waals surface area (Å²) in [5, 5.41) is 0. The van der Waals surface area contributed by atoms with Crippen molar-refractivity contribution in [1.29, 1.82) is 0 Å². The van der Waals surface area contributed by atoms with E-state index in [-0.39, 0.29) is 11.8 Å². The minimum absolute atomic E-state index is 0.0431. The Balaban J connectivity index is 1.38. The third kappa shape index (κ3) is 4.81. The van der Waals surface area contributed by atoms with Crippen molar-refractivity contribution >= 4 is 5.91 Å². The minimum Gasteiger partial charge on any atom is -0.338 e. The maximum Gasteiger partial charge on any atom is 0.316 e. The molecule has 30 heavy (non-hydrogen) atoms. The number of carbonyl (C=O) groups is 1. The number of nitrogens with zero attached hydrogens (tertiary/aromatic N) is 3. The molecule has 6 nitrogen and oxygen atoms in total. The Morgan fingerprint density at radius 1 is 0.933 bits per heavy atom. The van der Waals surface area contributed by atoms with E-state index in [0.29, 0.717) is 32.6 Å². The van der Waals surface area contributed by atoms with Gasteiger partial charge in [-0.1, -0.05) is 42.0 Å². The molecule has 1 fully saturated rings. The zero-order valence-corrected chi connectivity index (χ0v) is 17.3. The van der Waals surface area contributed by atoms with Gasteiger partial charge in [0, 0.05) is 50.9 Å². The summed E-state index contributed by atoms with van der Waals surface area (Å²) < 4.78 is 3.00. The van der Waals surface area contributed by atoms with E-state index in [2.05, 4.69) is 6.08 Å². The highest BCUT2D eigenvalue weighted by atomic mass is 16.2. The van der Waals surface area contributed by atoms with E-state index in [1.807, 2.05) is 35.2 Å². The van der Waals surface area contributed by atoms with Crippen molar-refractivity contribution in [2.45, 2.75) is 58.2 Å². The minimum atomic E-state index is -0.496. The Hall–Kier alpha value is -2.89. The van der Waals surface area contributed by atoms with Gasteiger partial charge in [-0.3, -0.25) is 14.4 Å². The lowest BCUT2D eigenvalue weighted by Crippen LogP contribution is -2.41. The number of hydrogen-bond donors (Lipinski definition) is 0. The molecular formula is C24H29N3O3. The van der Waals surface area contributed by atoms with E-state index >= 15 is 0 Å². The Morgan fingerprint density at radius 3 is 2.47 bits per heavy atom. The van der Waals surface area contributed by atoms with Crippen molar-refractivity contribution in [3.63, 3.8) is 0 Å². The molecule has 1 saturated heterocycles. The molecule has 4 rings (SSSR count). The fraction of sp³-hybridized carbons (Fsp3) is 0.458. The number of carbonyl (C=O) groups excluding carboxylic acids is 1. The first-order valence-electron chi connectivity index (χ1n) is 10.9. The van der Waals surface area contributed by atoms with Crippen LogP contribution in [0.5, 0.6) is 0 Å². The van der Waals surface area contributed by atoms with Crippen LogP contribution in [0.15, 0.2) is 64.0 Å². The van der Waals surface area contributed by atoms with Gasteiger partial charge in [0.2, 0.25) is 5.91 Å². The van der Waals surface area contributed by atoms with Gasteiger partial charge in [0.1, 0.15) is 0 Å². The zero-order valence-electron chi connectivity index (χ0n) is 17.3. The second-order valence-corrected chi connectivity index (χ2v) is 8.44. The topological polar surface area (TPSA) is 64.3 Å². The summed E-state index contributed by atoms with van der Waals surface area (Å²) in [5.74, 6) is 0.146. The van der Waals surface area contributed by atoms with Gasteiger partial charge in [0.25, 0.3) is 0 Å². The molecule has 0 N–H and O–H groups in total. The van der Waals surface area contributed by atoms with Crippen LogP contribution >= 0.6 is 0 Å². The fourth-order valence-electron chi connectivity index (χ4n) is 4.47. The van der Waals surface area contributed by atoms with Crippen molar-refractivity contribution in [3.8, 4) is 0 Å². The van der Waals surface area contributed by atoms with Crippen molar-refractivity contribution in [1.82, 2.24) is 14.0 Å². The first-order valence-corrected chi connectivity index (χ1v) is 10.9. The van der Waals surface area contributed by atoms with Crippen LogP contribution in [0.1, 0.15) is 44.1 Å². The first-order chi connectivity index (χ1) is 14.6. The van der Waals surface area contributed by atoms with Crippen LogP contribution in [-0.4, -0.2) is 26.5 Å². The molecule has 2 heterocycles. The number of allylic oxidation sites excluding steroid dienone is 2. The SMILES string of the molecule is O=C1CC(Cn2ccn(CCC3=CCCCC3)c(=O)c2=O)CN1Cc1ccccc1. The third-order valence-electron chi connectivity index (χ3n) is 6.16. The highest BCUT2D eigenvalue weighted by Crippen LogP contribution is 2.22. The molecule has 158 valence electrons. The third-order valence-corrected chi connectivity index (χ3v) is 6.16. The fourth-order valence-corrected chi connectivity index (χ4v) is 4.47. The van der Waals surface area contributed by atoms with Crippen LogP contribution in [0.3, 0.4) is 0 Å². The summed E-state index contributed by atoms with van der Waals surface area (Å²) in [6.07, 6.45) is 11.6. The standard InChI is InChI=1S/C24H29N3O3/c28-22-15-21(18-27(22)16-20-9-5-2-6-10-20)17-26-14-13-25(23(29)24(26)30)12-11-19-7-3-1-4-8-19/h2,5-7,9-10,13-14,21H,1,3-4,8,11-12,15-18H2. The second kappa shape index (κ2) is 9.28. The summed E-state index contributed by atoms with van der Waals surface area (Å²) in [6, 6.07) is 9.90. The average molecular weight is 408 g/mol. The summed E-state index contributed by atoms with van der Waals surface area (Å²) in [6.45, 7) is 2.14. The number of aryl methyl sites for hydroxylation is 1. The number of aromatic nitrogens is 2. The highest BCUT2D eigenvalue weighted by molar-refractivity contribution is 5.78. The summed E-state index contributed by atoms with van der Waals surface area (Å²) in [5.41, 5.74) is 1.52. The lowest BCUT2D eigenvalue weighted by atomic mass is 9.97.